The number of nitriles is 1. The maximum Gasteiger partial charge on any atom is 0.255 e. The topological polar surface area (TPSA) is 103 Å². The van der Waals surface area contributed by atoms with Crippen molar-refractivity contribution in [2.24, 2.45) is 7.05 Å². The van der Waals surface area contributed by atoms with Gasteiger partial charge in [-0.25, -0.2) is 0 Å². The van der Waals surface area contributed by atoms with Crippen LogP contribution in [0.3, 0.4) is 0 Å². The van der Waals surface area contributed by atoms with Crippen LogP contribution in [0.4, 0.5) is 0 Å². The van der Waals surface area contributed by atoms with Crippen LogP contribution in [0.5, 0.6) is 0 Å². The zero-order valence-corrected chi connectivity index (χ0v) is 16.6. The van der Waals surface area contributed by atoms with Crippen LogP contribution in [0.25, 0.3) is 11.0 Å². The highest BCUT2D eigenvalue weighted by molar-refractivity contribution is 5.99. The highest BCUT2D eigenvalue weighted by Gasteiger charge is 2.37. The maximum absolute atomic E-state index is 13.3. The van der Waals surface area contributed by atoms with Gasteiger partial charge in [0.15, 0.2) is 5.69 Å². The Morgan fingerprint density at radius 1 is 1.23 bits per heavy atom. The van der Waals surface area contributed by atoms with E-state index in [1.165, 1.54) is 0 Å². The van der Waals surface area contributed by atoms with Gasteiger partial charge < -0.3 is 4.90 Å². The molecule has 1 N–H and O–H groups in total. The summed E-state index contributed by atoms with van der Waals surface area (Å²) in [5, 5.41) is 24.6. The summed E-state index contributed by atoms with van der Waals surface area (Å²) in [6, 6.07) is 15.6. The zero-order valence-electron chi connectivity index (χ0n) is 16.6. The van der Waals surface area contributed by atoms with E-state index >= 15 is 0 Å². The molecule has 0 aliphatic carbocycles. The van der Waals surface area contributed by atoms with Crippen molar-refractivity contribution in [1.29, 1.82) is 5.26 Å². The largest absolute Gasteiger partial charge is 0.327 e. The summed E-state index contributed by atoms with van der Waals surface area (Å²) in [6.45, 7) is 2.40. The van der Waals surface area contributed by atoms with Gasteiger partial charge in [0.2, 0.25) is 0 Å². The van der Waals surface area contributed by atoms with Crippen LogP contribution in [-0.4, -0.2) is 36.0 Å². The number of benzene rings is 2. The summed E-state index contributed by atoms with van der Waals surface area (Å²) in [4.78, 5) is 15.1. The van der Waals surface area contributed by atoms with E-state index in [9.17, 15) is 10.1 Å². The van der Waals surface area contributed by atoms with E-state index < -0.39 is 0 Å². The first-order valence-electron chi connectivity index (χ1n) is 9.69. The first-order chi connectivity index (χ1) is 14.6. The molecule has 3 heterocycles. The quantitative estimate of drug-likeness (QED) is 0.570. The number of hydrogen-bond acceptors (Lipinski definition) is 5. The second-order valence-corrected chi connectivity index (χ2v) is 7.55. The van der Waals surface area contributed by atoms with Gasteiger partial charge >= 0.3 is 0 Å². The number of nitrogens with zero attached hydrogens (tertiary/aromatic N) is 6. The van der Waals surface area contributed by atoms with Gasteiger partial charge in [0, 0.05) is 36.8 Å². The molecule has 5 rings (SSSR count). The molecule has 0 bridgehead atoms. The number of carbonyl (C=O) groups is 1. The fourth-order valence-electron chi connectivity index (χ4n) is 4.21. The number of rotatable bonds is 4. The normalized spacial score (nSPS) is 15.6. The van der Waals surface area contributed by atoms with Crippen LogP contribution in [0.1, 0.15) is 44.5 Å². The summed E-state index contributed by atoms with van der Waals surface area (Å²) < 4.78 is 1.72. The van der Waals surface area contributed by atoms with Gasteiger partial charge in [-0.15, -0.1) is 5.10 Å². The Morgan fingerprint density at radius 2 is 2.07 bits per heavy atom. The van der Waals surface area contributed by atoms with Crippen LogP contribution in [-0.2, 0) is 20.0 Å². The Bertz CT molecular complexity index is 1330. The Morgan fingerprint density at radius 3 is 2.90 bits per heavy atom. The van der Waals surface area contributed by atoms with Crippen LogP contribution in [0, 0.1) is 18.3 Å². The Labute approximate surface area is 172 Å². The number of aromatic nitrogens is 5. The fraction of sp³-hybridized carbons (Fsp3) is 0.227. The third-order valence-electron chi connectivity index (χ3n) is 5.89. The number of carbonyl (C=O) groups excluding carboxylic acids is 1. The molecule has 0 fully saturated rings. The summed E-state index contributed by atoms with van der Waals surface area (Å²) in [5.41, 5.74) is 6.53. The van der Waals surface area contributed by atoms with Crippen LogP contribution < -0.4 is 0 Å². The van der Waals surface area contributed by atoms with E-state index in [1.807, 2.05) is 61.3 Å². The molecular weight excluding hydrogens is 378 g/mol. The van der Waals surface area contributed by atoms with Crippen LogP contribution in [0.2, 0.25) is 0 Å². The number of aryl methyl sites for hydroxylation is 1. The standard InChI is InChI=1S/C22H19N7O/c1-13-17(20(11-23)26-28(13)2)10-21-15-5-3-4-6-16(15)22(30)29(21)12-14-7-8-18-19(9-14)25-27-24-18/h3-9,21H,10,12H2,1-2H3,(H,24,25,27). The van der Waals surface area contributed by atoms with Gasteiger partial charge in [-0.2, -0.15) is 10.4 Å². The third kappa shape index (κ3) is 2.75. The second-order valence-electron chi connectivity index (χ2n) is 7.55. The molecular formula is C22H19N7O. The van der Waals surface area contributed by atoms with Crippen molar-refractivity contribution in [1.82, 2.24) is 30.1 Å². The Kier molecular flexibility index (Phi) is 4.10. The molecule has 0 spiro atoms. The van der Waals surface area contributed by atoms with E-state index in [0.29, 0.717) is 24.2 Å². The van der Waals surface area contributed by atoms with Gasteiger partial charge in [-0.3, -0.25) is 14.6 Å². The second kappa shape index (κ2) is 6.81. The van der Waals surface area contributed by atoms with Crippen molar-refractivity contribution in [2.45, 2.75) is 25.9 Å². The first-order valence-corrected chi connectivity index (χ1v) is 9.69. The average molecular weight is 397 g/mol. The molecule has 1 atom stereocenters. The lowest BCUT2D eigenvalue weighted by Crippen LogP contribution is -2.29. The van der Waals surface area contributed by atoms with Gasteiger partial charge in [0.05, 0.1) is 11.6 Å². The van der Waals surface area contributed by atoms with Crippen molar-refractivity contribution in [2.75, 3.05) is 0 Å². The maximum atomic E-state index is 13.3. The van der Waals surface area contributed by atoms with Crippen molar-refractivity contribution in [3.05, 3.63) is 76.1 Å². The summed E-state index contributed by atoms with van der Waals surface area (Å²) in [7, 11) is 1.83. The minimum atomic E-state index is -0.170. The van der Waals surface area contributed by atoms with Gasteiger partial charge in [-0.1, -0.05) is 29.5 Å². The highest BCUT2D eigenvalue weighted by atomic mass is 16.2. The molecule has 148 valence electrons. The molecule has 8 nitrogen and oxygen atoms in total. The fourth-order valence-corrected chi connectivity index (χ4v) is 4.21. The summed E-state index contributed by atoms with van der Waals surface area (Å²) >= 11 is 0. The third-order valence-corrected chi connectivity index (χ3v) is 5.89. The molecule has 0 saturated carbocycles. The lowest BCUT2D eigenvalue weighted by molar-refractivity contribution is 0.0709. The predicted octanol–water partition coefficient (Wildman–Crippen LogP) is 2.81. The van der Waals surface area contributed by atoms with Gasteiger partial charge in [-0.05, 0) is 36.2 Å². The van der Waals surface area contributed by atoms with E-state index in [0.717, 1.165) is 33.4 Å². The molecule has 1 unspecified atom stereocenters. The molecule has 4 aromatic rings. The van der Waals surface area contributed by atoms with Crippen LogP contribution in [0.15, 0.2) is 42.5 Å². The minimum Gasteiger partial charge on any atom is -0.327 e. The van der Waals surface area contributed by atoms with E-state index in [4.69, 9.17) is 0 Å². The van der Waals surface area contributed by atoms with Crippen molar-refractivity contribution >= 4 is 16.9 Å². The molecule has 0 radical (unpaired) electrons. The SMILES string of the molecule is Cc1c(CC2c3ccccc3C(=O)N2Cc2ccc3[nH]nnc3c2)c(C#N)nn1C. The Balaban J connectivity index is 1.55. The highest BCUT2D eigenvalue weighted by Crippen LogP contribution is 2.38. The minimum absolute atomic E-state index is 0.00380. The average Bonchev–Trinajstić information content (AvgIpc) is 3.41. The zero-order chi connectivity index (χ0) is 20.8. The summed E-state index contributed by atoms with van der Waals surface area (Å²) in [6.07, 6.45) is 0.539. The molecule has 2 aromatic carbocycles. The number of aromatic amines is 1. The van der Waals surface area contributed by atoms with Gasteiger partial charge in [0.25, 0.3) is 5.91 Å². The number of fused-ring (bicyclic) bond motifs is 2. The number of hydrogen-bond donors (Lipinski definition) is 1. The number of H-pyrrole nitrogens is 1. The lowest BCUT2D eigenvalue weighted by atomic mass is 9.97. The van der Waals surface area contributed by atoms with Gasteiger partial charge in [0.1, 0.15) is 11.6 Å². The van der Waals surface area contributed by atoms with E-state index in [-0.39, 0.29) is 11.9 Å². The summed E-state index contributed by atoms with van der Waals surface area (Å²) in [5.74, 6) is -0.00380. The monoisotopic (exact) mass is 397 g/mol. The van der Waals surface area contributed by atoms with Crippen molar-refractivity contribution in [3.63, 3.8) is 0 Å². The molecule has 1 aliphatic heterocycles. The molecule has 0 saturated heterocycles. The van der Waals surface area contributed by atoms with Crippen molar-refractivity contribution in [3.8, 4) is 6.07 Å². The number of amides is 1. The van der Waals surface area contributed by atoms with E-state index in [1.54, 1.807) is 4.68 Å². The molecule has 1 aliphatic rings. The first kappa shape index (κ1) is 18.1. The predicted molar refractivity (Wildman–Crippen MR) is 109 cm³/mol. The lowest BCUT2D eigenvalue weighted by Gasteiger charge is -2.26. The Hall–Kier alpha value is -3.99. The smallest absolute Gasteiger partial charge is 0.255 e. The molecule has 30 heavy (non-hydrogen) atoms. The molecule has 2 aromatic heterocycles. The van der Waals surface area contributed by atoms with Crippen molar-refractivity contribution < 1.29 is 4.79 Å². The molecule has 8 heteroatoms. The number of nitrogens with one attached hydrogen (secondary N) is 1. The van der Waals surface area contributed by atoms with Crippen LogP contribution >= 0.6 is 0 Å². The molecule has 1 amide bonds. The van der Waals surface area contributed by atoms with E-state index in [2.05, 4.69) is 26.6 Å².